The molecule has 0 saturated heterocycles. The Kier molecular flexibility index (Phi) is 5.31. The molecule has 0 aliphatic rings. The Hall–Kier alpha value is -3.58. The fourth-order valence-electron chi connectivity index (χ4n) is 2.87. The van der Waals surface area contributed by atoms with E-state index in [2.05, 4.69) is 20.4 Å². The fraction of sp³-hybridized carbons (Fsp3) is 0.0476. The number of carbonyl (C=O) groups excluding carboxylic acids is 1. The van der Waals surface area contributed by atoms with E-state index in [-0.39, 0.29) is 18.2 Å². The van der Waals surface area contributed by atoms with Crippen LogP contribution >= 0.6 is 11.6 Å². The first-order chi connectivity index (χ1) is 14.1. The van der Waals surface area contributed by atoms with Crippen LogP contribution in [0.25, 0.3) is 22.5 Å². The zero-order valence-electron chi connectivity index (χ0n) is 15.0. The number of hydrogen-bond donors (Lipinski definition) is 1. The van der Waals surface area contributed by atoms with E-state index in [0.29, 0.717) is 33.1 Å². The Morgan fingerprint density at radius 1 is 1.14 bits per heavy atom. The summed E-state index contributed by atoms with van der Waals surface area (Å²) < 4.78 is 19.1. The molecule has 0 spiro atoms. The highest BCUT2D eigenvalue weighted by molar-refractivity contribution is 6.31. The molecule has 4 rings (SSSR count). The van der Waals surface area contributed by atoms with E-state index in [1.165, 1.54) is 18.5 Å². The summed E-state index contributed by atoms with van der Waals surface area (Å²) in [5.41, 5.74) is 2.45. The Balaban J connectivity index is 1.70. The number of nitrogens with zero attached hydrogens (tertiary/aromatic N) is 3. The van der Waals surface area contributed by atoms with Crippen LogP contribution in [0, 0.1) is 5.82 Å². The van der Waals surface area contributed by atoms with Gasteiger partial charge < -0.3 is 4.52 Å². The highest BCUT2D eigenvalue weighted by Crippen LogP contribution is 2.36. The smallest absolute Gasteiger partial charge is 0.241 e. The summed E-state index contributed by atoms with van der Waals surface area (Å²) in [6.07, 6.45) is 2.98. The molecule has 8 heteroatoms. The third-order valence-electron chi connectivity index (χ3n) is 4.19. The predicted molar refractivity (Wildman–Crippen MR) is 107 cm³/mol. The summed E-state index contributed by atoms with van der Waals surface area (Å²) in [4.78, 5) is 20.7. The van der Waals surface area contributed by atoms with Gasteiger partial charge in [-0.1, -0.05) is 47.1 Å². The molecule has 0 fully saturated rings. The van der Waals surface area contributed by atoms with Crippen molar-refractivity contribution in [3.8, 4) is 22.5 Å². The zero-order valence-corrected chi connectivity index (χ0v) is 15.7. The van der Waals surface area contributed by atoms with Gasteiger partial charge in [-0.05, 0) is 29.8 Å². The maximum absolute atomic E-state index is 13.7. The van der Waals surface area contributed by atoms with Crippen LogP contribution in [0.15, 0.2) is 71.6 Å². The Morgan fingerprint density at radius 2 is 2.00 bits per heavy atom. The van der Waals surface area contributed by atoms with Gasteiger partial charge in [0.15, 0.2) is 0 Å². The van der Waals surface area contributed by atoms with Gasteiger partial charge in [0.05, 0.1) is 17.7 Å². The SMILES string of the molecule is O=C(Cc1ccccc1Cl)Nc1onc(-c2cccc(F)c2)c1-c1ccncn1. The zero-order chi connectivity index (χ0) is 20.2. The van der Waals surface area contributed by atoms with Crippen LogP contribution in [-0.4, -0.2) is 21.0 Å². The molecule has 0 unspecified atom stereocenters. The second-order valence-electron chi connectivity index (χ2n) is 6.16. The minimum absolute atomic E-state index is 0.0545. The van der Waals surface area contributed by atoms with E-state index in [4.69, 9.17) is 16.1 Å². The van der Waals surface area contributed by atoms with Gasteiger partial charge in [0.25, 0.3) is 0 Å². The molecule has 1 amide bonds. The van der Waals surface area contributed by atoms with Crippen molar-refractivity contribution in [3.63, 3.8) is 0 Å². The molecule has 6 nitrogen and oxygen atoms in total. The van der Waals surface area contributed by atoms with Crippen molar-refractivity contribution in [3.05, 3.63) is 83.5 Å². The molecule has 2 heterocycles. The Labute approximate surface area is 170 Å². The molecular weight excluding hydrogens is 395 g/mol. The number of anilines is 1. The maximum atomic E-state index is 13.7. The normalized spacial score (nSPS) is 10.7. The van der Waals surface area contributed by atoms with E-state index in [1.807, 2.05) is 0 Å². The van der Waals surface area contributed by atoms with Crippen LogP contribution in [0.2, 0.25) is 5.02 Å². The van der Waals surface area contributed by atoms with E-state index < -0.39 is 5.82 Å². The molecule has 4 aromatic rings. The van der Waals surface area contributed by atoms with Gasteiger partial charge in [0, 0.05) is 16.8 Å². The number of carbonyl (C=O) groups is 1. The number of benzene rings is 2. The maximum Gasteiger partial charge on any atom is 0.241 e. The van der Waals surface area contributed by atoms with E-state index in [1.54, 1.807) is 48.7 Å². The van der Waals surface area contributed by atoms with Crippen molar-refractivity contribution in [2.45, 2.75) is 6.42 Å². The fourth-order valence-corrected chi connectivity index (χ4v) is 3.07. The lowest BCUT2D eigenvalue weighted by Crippen LogP contribution is -2.14. The first-order valence-electron chi connectivity index (χ1n) is 8.67. The molecular formula is C21H14ClFN4O2. The highest BCUT2D eigenvalue weighted by Gasteiger charge is 2.22. The second kappa shape index (κ2) is 8.20. The third-order valence-corrected chi connectivity index (χ3v) is 4.56. The highest BCUT2D eigenvalue weighted by atomic mass is 35.5. The van der Waals surface area contributed by atoms with Crippen molar-refractivity contribution >= 4 is 23.4 Å². The number of nitrogens with one attached hydrogen (secondary N) is 1. The standard InChI is InChI=1S/C21H14ClFN4O2/c22-16-7-2-1-4-13(16)11-18(28)26-21-19(17-8-9-24-12-25-17)20(27-29-21)14-5-3-6-15(23)10-14/h1-10,12H,11H2,(H,26,28). The molecule has 0 aliphatic carbocycles. The van der Waals surface area contributed by atoms with Crippen LogP contribution in [-0.2, 0) is 11.2 Å². The van der Waals surface area contributed by atoms with Crippen LogP contribution < -0.4 is 5.32 Å². The molecule has 144 valence electrons. The topological polar surface area (TPSA) is 80.9 Å². The van der Waals surface area contributed by atoms with Crippen molar-refractivity contribution in [1.82, 2.24) is 15.1 Å². The minimum Gasteiger partial charge on any atom is -0.337 e. The third kappa shape index (κ3) is 4.14. The molecule has 1 N–H and O–H groups in total. The summed E-state index contributed by atoms with van der Waals surface area (Å²) in [5.74, 6) is -0.640. The number of amides is 1. The van der Waals surface area contributed by atoms with Crippen molar-refractivity contribution in [2.24, 2.45) is 0 Å². The molecule has 0 saturated carbocycles. The van der Waals surface area contributed by atoms with Crippen LogP contribution in [0.4, 0.5) is 10.3 Å². The molecule has 0 atom stereocenters. The lowest BCUT2D eigenvalue weighted by Gasteiger charge is -2.07. The van der Waals surface area contributed by atoms with Crippen LogP contribution in [0.1, 0.15) is 5.56 Å². The minimum atomic E-state index is -0.413. The summed E-state index contributed by atoms with van der Waals surface area (Å²) in [7, 11) is 0. The summed E-state index contributed by atoms with van der Waals surface area (Å²) in [6.45, 7) is 0. The van der Waals surface area contributed by atoms with Crippen LogP contribution in [0.5, 0.6) is 0 Å². The monoisotopic (exact) mass is 408 g/mol. The summed E-state index contributed by atoms with van der Waals surface area (Å²) in [5, 5.41) is 7.24. The second-order valence-corrected chi connectivity index (χ2v) is 6.56. The van der Waals surface area contributed by atoms with Gasteiger partial charge in [0.1, 0.15) is 17.8 Å². The molecule has 2 aromatic heterocycles. The average molecular weight is 409 g/mol. The number of rotatable bonds is 5. The quantitative estimate of drug-likeness (QED) is 0.514. The number of aromatic nitrogens is 3. The number of halogens is 2. The van der Waals surface area contributed by atoms with Gasteiger partial charge in [-0.2, -0.15) is 0 Å². The summed E-state index contributed by atoms with van der Waals surface area (Å²) >= 11 is 6.13. The molecule has 0 aliphatic heterocycles. The lowest BCUT2D eigenvalue weighted by molar-refractivity contribution is -0.115. The van der Waals surface area contributed by atoms with Crippen LogP contribution in [0.3, 0.4) is 0 Å². The molecule has 0 bridgehead atoms. The van der Waals surface area contributed by atoms with E-state index in [9.17, 15) is 9.18 Å². The average Bonchev–Trinajstić information content (AvgIpc) is 3.14. The summed E-state index contributed by atoms with van der Waals surface area (Å²) in [6, 6.07) is 14.7. The van der Waals surface area contributed by atoms with E-state index >= 15 is 0 Å². The van der Waals surface area contributed by atoms with Gasteiger partial charge >= 0.3 is 0 Å². The largest absolute Gasteiger partial charge is 0.337 e. The van der Waals surface area contributed by atoms with E-state index in [0.717, 1.165) is 0 Å². The van der Waals surface area contributed by atoms with Gasteiger partial charge in [0.2, 0.25) is 11.8 Å². The molecule has 0 radical (unpaired) electrons. The predicted octanol–water partition coefficient (Wildman–Crippen LogP) is 4.77. The van der Waals surface area contributed by atoms with Gasteiger partial charge in [-0.15, -0.1) is 0 Å². The van der Waals surface area contributed by atoms with Gasteiger partial charge in [-0.25, -0.2) is 14.4 Å². The first-order valence-corrected chi connectivity index (χ1v) is 9.05. The first kappa shape index (κ1) is 18.8. The van der Waals surface area contributed by atoms with Crippen molar-refractivity contribution < 1.29 is 13.7 Å². The molecule has 2 aromatic carbocycles. The number of hydrogen-bond acceptors (Lipinski definition) is 5. The van der Waals surface area contributed by atoms with Gasteiger partial charge in [-0.3, -0.25) is 10.1 Å². The molecule has 29 heavy (non-hydrogen) atoms. The Morgan fingerprint density at radius 3 is 2.76 bits per heavy atom. The van der Waals surface area contributed by atoms with Crippen molar-refractivity contribution in [1.29, 1.82) is 0 Å². The Bertz CT molecular complexity index is 1160. The van der Waals surface area contributed by atoms with Crippen molar-refractivity contribution in [2.75, 3.05) is 5.32 Å². The lowest BCUT2D eigenvalue weighted by atomic mass is 10.0.